The maximum Gasteiger partial charge on any atom is 0.150 e. The fourth-order valence-corrected chi connectivity index (χ4v) is 2.51. The molecule has 0 aliphatic heterocycles. The fraction of sp³-hybridized carbons (Fsp3) is 0.700. The van der Waals surface area contributed by atoms with Gasteiger partial charge in [0.1, 0.15) is 0 Å². The van der Waals surface area contributed by atoms with Crippen LogP contribution in [-0.4, -0.2) is 15.1 Å². The first-order chi connectivity index (χ1) is 6.38. The van der Waals surface area contributed by atoms with E-state index < -0.39 is 0 Å². The molecule has 3 nitrogen and oxygen atoms in total. The van der Waals surface area contributed by atoms with Crippen molar-refractivity contribution >= 4 is 11.6 Å². The Morgan fingerprint density at radius 1 is 1.57 bits per heavy atom. The van der Waals surface area contributed by atoms with E-state index in [9.17, 15) is 0 Å². The van der Waals surface area contributed by atoms with Gasteiger partial charge in [-0.2, -0.15) is 0 Å². The van der Waals surface area contributed by atoms with Crippen molar-refractivity contribution in [3.05, 3.63) is 17.2 Å². The minimum atomic E-state index is -0.102. The van der Waals surface area contributed by atoms with Crippen molar-refractivity contribution in [1.29, 1.82) is 0 Å². The maximum absolute atomic E-state index is 6.25. The molecule has 0 amide bonds. The van der Waals surface area contributed by atoms with Gasteiger partial charge in [-0.05, 0) is 12.8 Å². The van der Waals surface area contributed by atoms with Crippen LogP contribution in [0.4, 0.5) is 0 Å². The molecule has 1 saturated carbocycles. The predicted octanol–water partition coefficient (Wildman–Crippen LogP) is 1.84. The summed E-state index contributed by atoms with van der Waals surface area (Å²) >= 11 is 6.08. The van der Waals surface area contributed by atoms with Gasteiger partial charge in [0.05, 0.1) is 12.0 Å². The number of halogens is 1. The fourth-order valence-electron chi connectivity index (χ4n) is 2.10. The third-order valence-corrected chi connectivity index (χ3v) is 3.79. The quantitative estimate of drug-likeness (QED) is 0.815. The SMILES string of the molecule is Cn1cnc(Cl)c1C(C)(C)C1(N)CC1. The van der Waals surface area contributed by atoms with Gasteiger partial charge in [0.25, 0.3) is 0 Å². The monoisotopic (exact) mass is 213 g/mol. The lowest BCUT2D eigenvalue weighted by Gasteiger charge is -2.32. The molecule has 0 atom stereocenters. The first-order valence-corrected chi connectivity index (χ1v) is 5.22. The molecule has 78 valence electrons. The van der Waals surface area contributed by atoms with Crippen molar-refractivity contribution < 1.29 is 0 Å². The molecule has 0 aromatic carbocycles. The van der Waals surface area contributed by atoms with E-state index >= 15 is 0 Å². The Labute approximate surface area is 89.3 Å². The van der Waals surface area contributed by atoms with Crippen molar-refractivity contribution in [3.63, 3.8) is 0 Å². The van der Waals surface area contributed by atoms with E-state index in [0.717, 1.165) is 18.5 Å². The summed E-state index contributed by atoms with van der Waals surface area (Å²) in [4.78, 5) is 4.10. The van der Waals surface area contributed by atoms with Crippen LogP contribution in [0.5, 0.6) is 0 Å². The molecule has 4 heteroatoms. The van der Waals surface area contributed by atoms with Gasteiger partial charge in [0.2, 0.25) is 0 Å². The van der Waals surface area contributed by atoms with E-state index in [2.05, 4.69) is 18.8 Å². The second-order valence-corrected chi connectivity index (χ2v) is 5.13. The van der Waals surface area contributed by atoms with Crippen molar-refractivity contribution in [2.45, 2.75) is 37.6 Å². The third-order valence-electron chi connectivity index (χ3n) is 3.52. The second-order valence-electron chi connectivity index (χ2n) is 4.78. The highest BCUT2D eigenvalue weighted by Gasteiger charge is 2.53. The summed E-state index contributed by atoms with van der Waals surface area (Å²) in [5.41, 5.74) is 7.10. The average molecular weight is 214 g/mol. The minimum absolute atomic E-state index is 0.0928. The zero-order valence-electron chi connectivity index (χ0n) is 8.84. The highest BCUT2D eigenvalue weighted by atomic mass is 35.5. The molecule has 0 saturated heterocycles. The molecular weight excluding hydrogens is 198 g/mol. The Morgan fingerprint density at radius 2 is 2.14 bits per heavy atom. The summed E-state index contributed by atoms with van der Waals surface area (Å²) in [5.74, 6) is 0. The van der Waals surface area contributed by atoms with Gasteiger partial charge in [-0.25, -0.2) is 4.98 Å². The van der Waals surface area contributed by atoms with Crippen LogP contribution in [0.2, 0.25) is 5.15 Å². The summed E-state index contributed by atoms with van der Waals surface area (Å²) in [7, 11) is 1.96. The number of rotatable bonds is 2. The first kappa shape index (κ1) is 9.99. The molecule has 1 aliphatic carbocycles. The Balaban J connectivity index is 2.48. The van der Waals surface area contributed by atoms with Crippen LogP contribution in [0.15, 0.2) is 6.33 Å². The maximum atomic E-state index is 6.25. The molecule has 1 aromatic heterocycles. The number of hydrogen-bond acceptors (Lipinski definition) is 2. The lowest BCUT2D eigenvalue weighted by atomic mass is 9.79. The topological polar surface area (TPSA) is 43.8 Å². The van der Waals surface area contributed by atoms with Crippen LogP contribution in [0, 0.1) is 0 Å². The normalized spacial score (nSPS) is 19.8. The van der Waals surface area contributed by atoms with E-state index in [0.29, 0.717) is 5.15 Å². The Bertz CT molecular complexity index is 344. The summed E-state index contributed by atoms with van der Waals surface area (Å²) in [5, 5.41) is 0.578. The number of imidazole rings is 1. The van der Waals surface area contributed by atoms with Crippen molar-refractivity contribution in [2.75, 3.05) is 0 Å². The van der Waals surface area contributed by atoms with E-state index in [1.54, 1.807) is 6.33 Å². The number of nitrogens with two attached hydrogens (primary N) is 1. The number of hydrogen-bond donors (Lipinski definition) is 1. The zero-order valence-corrected chi connectivity index (χ0v) is 9.60. The van der Waals surface area contributed by atoms with Gasteiger partial charge in [-0.1, -0.05) is 25.4 Å². The molecule has 1 aliphatic rings. The van der Waals surface area contributed by atoms with E-state index in [1.165, 1.54) is 0 Å². The van der Waals surface area contributed by atoms with Crippen LogP contribution in [0.3, 0.4) is 0 Å². The molecule has 0 bridgehead atoms. The van der Waals surface area contributed by atoms with Crippen molar-refractivity contribution in [1.82, 2.24) is 9.55 Å². The van der Waals surface area contributed by atoms with Crippen molar-refractivity contribution in [2.24, 2.45) is 12.8 Å². The van der Waals surface area contributed by atoms with Gasteiger partial charge in [0.15, 0.2) is 5.15 Å². The Morgan fingerprint density at radius 3 is 2.50 bits per heavy atom. The summed E-state index contributed by atoms with van der Waals surface area (Å²) in [6.45, 7) is 4.28. The summed E-state index contributed by atoms with van der Waals surface area (Å²) < 4.78 is 1.97. The van der Waals surface area contributed by atoms with Crippen LogP contribution in [0.1, 0.15) is 32.4 Å². The van der Waals surface area contributed by atoms with Crippen LogP contribution in [-0.2, 0) is 12.5 Å². The smallest absolute Gasteiger partial charge is 0.150 e. The minimum Gasteiger partial charge on any atom is -0.336 e. The molecule has 0 radical (unpaired) electrons. The van der Waals surface area contributed by atoms with E-state index in [-0.39, 0.29) is 11.0 Å². The number of aryl methyl sites for hydroxylation is 1. The number of nitrogens with zero attached hydrogens (tertiary/aromatic N) is 2. The molecule has 14 heavy (non-hydrogen) atoms. The number of aromatic nitrogens is 2. The molecule has 1 heterocycles. The largest absolute Gasteiger partial charge is 0.336 e. The molecule has 1 fully saturated rings. The molecule has 1 aromatic rings. The highest BCUT2D eigenvalue weighted by Crippen LogP contribution is 2.50. The van der Waals surface area contributed by atoms with Gasteiger partial charge in [-0.3, -0.25) is 0 Å². The van der Waals surface area contributed by atoms with Crippen molar-refractivity contribution in [3.8, 4) is 0 Å². The molecule has 0 spiro atoms. The highest BCUT2D eigenvalue weighted by molar-refractivity contribution is 6.30. The van der Waals surface area contributed by atoms with Gasteiger partial charge < -0.3 is 10.3 Å². The van der Waals surface area contributed by atoms with Gasteiger partial charge in [0, 0.05) is 18.0 Å². The third kappa shape index (κ3) is 1.19. The summed E-state index contributed by atoms with van der Waals surface area (Å²) in [6, 6.07) is 0. The molecule has 2 rings (SSSR count). The lowest BCUT2D eigenvalue weighted by Crippen LogP contribution is -2.44. The second kappa shape index (κ2) is 2.74. The molecule has 2 N–H and O–H groups in total. The van der Waals surface area contributed by atoms with Crippen LogP contribution in [0.25, 0.3) is 0 Å². The van der Waals surface area contributed by atoms with Gasteiger partial charge in [-0.15, -0.1) is 0 Å². The van der Waals surface area contributed by atoms with E-state index in [1.807, 2.05) is 11.6 Å². The molecular formula is C10H16ClN3. The Kier molecular flexibility index (Phi) is 1.95. The molecule has 0 unspecified atom stereocenters. The summed E-state index contributed by atoms with van der Waals surface area (Å²) in [6.07, 6.45) is 3.88. The van der Waals surface area contributed by atoms with E-state index in [4.69, 9.17) is 17.3 Å². The van der Waals surface area contributed by atoms with Gasteiger partial charge >= 0.3 is 0 Å². The average Bonchev–Trinajstić information content (AvgIpc) is 2.73. The predicted molar refractivity (Wildman–Crippen MR) is 57.4 cm³/mol. The standard InChI is InChI=1S/C10H16ClN3/c1-9(2,10(12)4-5-10)7-8(11)13-6-14(7)3/h6H,4-5,12H2,1-3H3. The first-order valence-electron chi connectivity index (χ1n) is 4.85. The lowest BCUT2D eigenvalue weighted by molar-refractivity contribution is 0.371. The van der Waals surface area contributed by atoms with Crippen LogP contribution >= 0.6 is 11.6 Å². The Hall–Kier alpha value is -0.540. The van der Waals surface area contributed by atoms with Crippen LogP contribution < -0.4 is 5.73 Å². The zero-order chi connectivity index (χ0) is 10.6.